The minimum absolute atomic E-state index is 0.404. The SMILES string of the molecule is COc1ccccc1NC(=O)C(=O)NCCc1ccc(N2CCCCCC2)cc1. The zero-order valence-corrected chi connectivity index (χ0v) is 16.9. The van der Waals surface area contributed by atoms with Crippen molar-refractivity contribution in [3.63, 3.8) is 0 Å². The van der Waals surface area contributed by atoms with Crippen molar-refractivity contribution in [2.45, 2.75) is 32.1 Å². The maximum atomic E-state index is 12.1. The molecule has 0 unspecified atom stereocenters. The van der Waals surface area contributed by atoms with E-state index in [9.17, 15) is 9.59 Å². The van der Waals surface area contributed by atoms with Gasteiger partial charge in [-0.25, -0.2) is 0 Å². The molecule has 3 rings (SSSR count). The number of methoxy groups -OCH3 is 1. The molecular formula is C23H29N3O3. The summed E-state index contributed by atoms with van der Waals surface area (Å²) in [5, 5.41) is 5.25. The molecule has 0 aromatic heterocycles. The van der Waals surface area contributed by atoms with Gasteiger partial charge in [-0.05, 0) is 49.1 Å². The Kier molecular flexibility index (Phi) is 7.50. The van der Waals surface area contributed by atoms with E-state index in [2.05, 4.69) is 39.8 Å². The van der Waals surface area contributed by atoms with Gasteiger partial charge in [0.15, 0.2) is 0 Å². The third-order valence-corrected chi connectivity index (χ3v) is 5.17. The minimum atomic E-state index is -0.703. The van der Waals surface area contributed by atoms with E-state index >= 15 is 0 Å². The van der Waals surface area contributed by atoms with E-state index in [-0.39, 0.29) is 0 Å². The number of carbonyl (C=O) groups is 2. The summed E-state index contributed by atoms with van der Waals surface area (Å²) in [6.45, 7) is 2.65. The minimum Gasteiger partial charge on any atom is -0.495 e. The molecule has 1 heterocycles. The average molecular weight is 396 g/mol. The fourth-order valence-corrected chi connectivity index (χ4v) is 3.53. The number of para-hydroxylation sites is 2. The molecule has 2 aromatic rings. The van der Waals surface area contributed by atoms with Gasteiger partial charge < -0.3 is 20.3 Å². The lowest BCUT2D eigenvalue weighted by molar-refractivity contribution is -0.136. The van der Waals surface area contributed by atoms with Crippen molar-refractivity contribution < 1.29 is 14.3 Å². The number of hydrogen-bond donors (Lipinski definition) is 2. The molecule has 0 radical (unpaired) electrons. The molecule has 0 spiro atoms. The first-order valence-electron chi connectivity index (χ1n) is 10.2. The largest absolute Gasteiger partial charge is 0.495 e. The number of rotatable bonds is 6. The second kappa shape index (κ2) is 10.5. The summed E-state index contributed by atoms with van der Waals surface area (Å²) in [6.07, 6.45) is 5.82. The van der Waals surface area contributed by atoms with Crippen LogP contribution >= 0.6 is 0 Å². The Balaban J connectivity index is 1.45. The van der Waals surface area contributed by atoms with Crippen LogP contribution in [-0.2, 0) is 16.0 Å². The van der Waals surface area contributed by atoms with Gasteiger partial charge in [-0.2, -0.15) is 0 Å². The Morgan fingerprint density at radius 2 is 1.62 bits per heavy atom. The average Bonchev–Trinajstić information content (AvgIpc) is 3.04. The van der Waals surface area contributed by atoms with E-state index in [0.29, 0.717) is 24.4 Å². The van der Waals surface area contributed by atoms with E-state index in [1.165, 1.54) is 38.5 Å². The molecule has 1 aliphatic rings. The summed E-state index contributed by atoms with van der Waals surface area (Å²) in [5.41, 5.74) is 2.86. The van der Waals surface area contributed by atoms with Crippen LogP contribution in [0.1, 0.15) is 31.2 Å². The van der Waals surface area contributed by atoms with E-state index in [1.807, 2.05) is 0 Å². The maximum Gasteiger partial charge on any atom is 0.313 e. The highest BCUT2D eigenvalue weighted by Crippen LogP contribution is 2.23. The molecule has 6 heteroatoms. The normalized spacial score (nSPS) is 14.0. The molecular weight excluding hydrogens is 366 g/mol. The van der Waals surface area contributed by atoms with Crippen molar-refractivity contribution in [1.82, 2.24) is 5.32 Å². The van der Waals surface area contributed by atoms with Crippen LogP contribution in [0, 0.1) is 0 Å². The summed E-state index contributed by atoms with van der Waals surface area (Å²) < 4.78 is 5.18. The van der Waals surface area contributed by atoms with Crippen molar-refractivity contribution in [2.24, 2.45) is 0 Å². The number of carbonyl (C=O) groups excluding carboxylic acids is 2. The van der Waals surface area contributed by atoms with Gasteiger partial charge in [-0.1, -0.05) is 37.1 Å². The predicted molar refractivity (Wildman–Crippen MR) is 115 cm³/mol. The summed E-state index contributed by atoms with van der Waals surface area (Å²) in [7, 11) is 1.52. The monoisotopic (exact) mass is 395 g/mol. The van der Waals surface area contributed by atoms with E-state index in [0.717, 1.165) is 18.7 Å². The van der Waals surface area contributed by atoms with Crippen LogP contribution in [0.25, 0.3) is 0 Å². The number of hydrogen-bond acceptors (Lipinski definition) is 4. The lowest BCUT2D eigenvalue weighted by Crippen LogP contribution is -2.36. The molecule has 0 bridgehead atoms. The van der Waals surface area contributed by atoms with Crippen molar-refractivity contribution in [3.05, 3.63) is 54.1 Å². The molecule has 0 atom stereocenters. The van der Waals surface area contributed by atoms with Crippen LogP contribution in [0.3, 0.4) is 0 Å². The molecule has 154 valence electrons. The summed E-state index contributed by atoms with van der Waals surface area (Å²) in [4.78, 5) is 26.6. The smallest absolute Gasteiger partial charge is 0.313 e. The van der Waals surface area contributed by atoms with Gasteiger partial charge in [0.25, 0.3) is 0 Å². The first-order chi connectivity index (χ1) is 14.2. The zero-order valence-electron chi connectivity index (χ0n) is 16.9. The number of ether oxygens (including phenoxy) is 1. The van der Waals surface area contributed by atoms with E-state index in [4.69, 9.17) is 4.74 Å². The Hall–Kier alpha value is -3.02. The maximum absolute atomic E-state index is 12.1. The Morgan fingerprint density at radius 3 is 2.31 bits per heavy atom. The van der Waals surface area contributed by atoms with Gasteiger partial charge in [0.2, 0.25) is 0 Å². The number of nitrogens with one attached hydrogen (secondary N) is 2. The highest BCUT2D eigenvalue weighted by molar-refractivity contribution is 6.39. The van der Waals surface area contributed by atoms with Crippen LogP contribution < -0.4 is 20.3 Å². The van der Waals surface area contributed by atoms with Crippen molar-refractivity contribution in [1.29, 1.82) is 0 Å². The van der Waals surface area contributed by atoms with Crippen LogP contribution in [-0.4, -0.2) is 38.6 Å². The number of amides is 2. The quantitative estimate of drug-likeness (QED) is 0.736. The zero-order chi connectivity index (χ0) is 20.5. The highest BCUT2D eigenvalue weighted by Gasteiger charge is 2.15. The first kappa shape index (κ1) is 20.7. The van der Waals surface area contributed by atoms with Gasteiger partial charge in [-0.15, -0.1) is 0 Å². The third kappa shape index (κ3) is 5.98. The third-order valence-electron chi connectivity index (χ3n) is 5.17. The molecule has 6 nitrogen and oxygen atoms in total. The summed E-state index contributed by atoms with van der Waals surface area (Å²) in [5.74, 6) is -0.846. The summed E-state index contributed by atoms with van der Waals surface area (Å²) in [6, 6.07) is 15.5. The van der Waals surface area contributed by atoms with Gasteiger partial charge in [0.05, 0.1) is 12.8 Å². The molecule has 0 aliphatic carbocycles. The van der Waals surface area contributed by atoms with Crippen LogP contribution in [0.2, 0.25) is 0 Å². The van der Waals surface area contributed by atoms with Crippen LogP contribution in [0.15, 0.2) is 48.5 Å². The van der Waals surface area contributed by atoms with E-state index < -0.39 is 11.8 Å². The Morgan fingerprint density at radius 1 is 0.931 bits per heavy atom. The molecule has 1 aliphatic heterocycles. The van der Waals surface area contributed by atoms with E-state index in [1.54, 1.807) is 24.3 Å². The van der Waals surface area contributed by atoms with Gasteiger partial charge in [0, 0.05) is 25.3 Å². The second-order valence-corrected chi connectivity index (χ2v) is 7.23. The number of anilines is 2. The highest BCUT2D eigenvalue weighted by atomic mass is 16.5. The fourth-order valence-electron chi connectivity index (χ4n) is 3.53. The molecule has 2 N–H and O–H groups in total. The molecule has 2 amide bonds. The molecule has 1 fully saturated rings. The fraction of sp³-hybridized carbons (Fsp3) is 0.391. The predicted octanol–water partition coefficient (Wildman–Crippen LogP) is 3.37. The second-order valence-electron chi connectivity index (χ2n) is 7.23. The van der Waals surface area contributed by atoms with Gasteiger partial charge in [-0.3, -0.25) is 9.59 Å². The Bertz CT molecular complexity index is 812. The molecule has 1 saturated heterocycles. The standard InChI is InChI=1S/C23H29N3O3/c1-29-21-9-5-4-8-20(21)25-23(28)22(27)24-15-14-18-10-12-19(13-11-18)26-16-6-2-3-7-17-26/h4-5,8-13H,2-3,6-7,14-17H2,1H3,(H,24,27)(H,25,28). The number of benzene rings is 2. The van der Waals surface area contributed by atoms with Gasteiger partial charge >= 0.3 is 11.8 Å². The summed E-state index contributed by atoms with van der Waals surface area (Å²) >= 11 is 0. The van der Waals surface area contributed by atoms with Crippen molar-refractivity contribution >= 4 is 23.2 Å². The molecule has 2 aromatic carbocycles. The topological polar surface area (TPSA) is 70.7 Å². The van der Waals surface area contributed by atoms with Gasteiger partial charge in [0.1, 0.15) is 5.75 Å². The van der Waals surface area contributed by atoms with Crippen molar-refractivity contribution in [3.8, 4) is 5.75 Å². The van der Waals surface area contributed by atoms with Crippen molar-refractivity contribution in [2.75, 3.05) is 37.0 Å². The molecule has 0 saturated carbocycles. The lowest BCUT2D eigenvalue weighted by Gasteiger charge is -2.22. The number of nitrogens with zero attached hydrogens (tertiary/aromatic N) is 1. The lowest BCUT2D eigenvalue weighted by atomic mass is 10.1. The van der Waals surface area contributed by atoms with Crippen LogP contribution in [0.5, 0.6) is 5.75 Å². The Labute approximate surface area is 172 Å². The molecule has 29 heavy (non-hydrogen) atoms. The van der Waals surface area contributed by atoms with Crippen LogP contribution in [0.4, 0.5) is 11.4 Å². The first-order valence-corrected chi connectivity index (χ1v) is 10.2.